The molecule has 1 atom stereocenters. The van der Waals surface area contributed by atoms with Gasteiger partial charge in [-0.25, -0.2) is 0 Å². The van der Waals surface area contributed by atoms with Crippen LogP contribution in [-0.2, 0) is 0 Å². The summed E-state index contributed by atoms with van der Waals surface area (Å²) in [6, 6.07) is 3.52. The highest BCUT2D eigenvalue weighted by atomic mass is 32.2. The molecule has 0 saturated carbocycles. The largest absolute Gasteiger partial charge is 0.454 e. The fraction of sp³-hybridized carbons (Fsp3) is 0.500. The number of benzene rings is 1. The zero-order valence-electron chi connectivity index (χ0n) is 12.0. The van der Waals surface area contributed by atoms with Gasteiger partial charge in [-0.3, -0.25) is 4.79 Å². The Labute approximate surface area is 123 Å². The second kappa shape index (κ2) is 6.26. The van der Waals surface area contributed by atoms with E-state index in [0.29, 0.717) is 22.7 Å². The second-order valence-electron chi connectivity index (χ2n) is 4.73. The standard InChI is InChI=1S/C14H20N2O3S/c1-4-9(7-20-3)16(2)14(17)10-5-12-13(6-11(10)15)19-8-18-12/h5-6,9H,4,7-8,15H2,1-3H3. The molecule has 0 aromatic heterocycles. The monoisotopic (exact) mass is 296 g/mol. The van der Waals surface area contributed by atoms with E-state index >= 15 is 0 Å². The quantitative estimate of drug-likeness (QED) is 0.844. The second-order valence-corrected chi connectivity index (χ2v) is 5.64. The molecule has 6 heteroatoms. The number of hydrogen-bond acceptors (Lipinski definition) is 5. The third kappa shape index (κ3) is 2.80. The van der Waals surface area contributed by atoms with E-state index < -0.39 is 0 Å². The summed E-state index contributed by atoms with van der Waals surface area (Å²) in [4.78, 5) is 14.3. The smallest absolute Gasteiger partial charge is 0.256 e. The van der Waals surface area contributed by atoms with Crippen molar-refractivity contribution in [3.63, 3.8) is 0 Å². The molecule has 0 fully saturated rings. The Morgan fingerprint density at radius 2 is 2.10 bits per heavy atom. The number of rotatable bonds is 5. The van der Waals surface area contributed by atoms with Crippen LogP contribution in [0.4, 0.5) is 5.69 Å². The Balaban J connectivity index is 2.24. The summed E-state index contributed by atoms with van der Waals surface area (Å²) in [7, 11) is 1.82. The highest BCUT2D eigenvalue weighted by Gasteiger charge is 2.24. The molecular formula is C14H20N2O3S. The van der Waals surface area contributed by atoms with Gasteiger partial charge in [0.25, 0.3) is 5.91 Å². The SMILES string of the molecule is CCC(CSC)N(C)C(=O)c1cc2c(cc1N)OCO2. The summed E-state index contributed by atoms with van der Waals surface area (Å²) >= 11 is 1.73. The molecule has 0 spiro atoms. The van der Waals surface area contributed by atoms with Crippen LogP contribution in [0.5, 0.6) is 11.5 Å². The van der Waals surface area contributed by atoms with Crippen molar-refractivity contribution in [2.24, 2.45) is 0 Å². The fourth-order valence-electron chi connectivity index (χ4n) is 2.19. The van der Waals surface area contributed by atoms with Crippen molar-refractivity contribution in [3.05, 3.63) is 17.7 Å². The van der Waals surface area contributed by atoms with Crippen LogP contribution in [-0.4, -0.2) is 42.7 Å². The summed E-state index contributed by atoms with van der Waals surface area (Å²) in [6.07, 6.45) is 2.95. The Morgan fingerprint density at radius 1 is 1.45 bits per heavy atom. The van der Waals surface area contributed by atoms with Gasteiger partial charge in [-0.15, -0.1) is 0 Å². The van der Waals surface area contributed by atoms with Crippen molar-refractivity contribution in [1.29, 1.82) is 0 Å². The van der Waals surface area contributed by atoms with Gasteiger partial charge >= 0.3 is 0 Å². The number of thioether (sulfide) groups is 1. The van der Waals surface area contributed by atoms with Crippen molar-refractivity contribution in [3.8, 4) is 11.5 Å². The van der Waals surface area contributed by atoms with Gasteiger partial charge in [0.05, 0.1) is 5.56 Å². The van der Waals surface area contributed by atoms with Crippen molar-refractivity contribution in [2.75, 3.05) is 31.6 Å². The lowest BCUT2D eigenvalue weighted by Crippen LogP contribution is -2.38. The Morgan fingerprint density at radius 3 is 2.70 bits per heavy atom. The first-order valence-electron chi connectivity index (χ1n) is 6.53. The molecule has 1 aliphatic heterocycles. The number of nitrogens with zero attached hydrogens (tertiary/aromatic N) is 1. The lowest BCUT2D eigenvalue weighted by molar-refractivity contribution is 0.0744. The molecule has 0 saturated heterocycles. The lowest BCUT2D eigenvalue weighted by Gasteiger charge is -2.27. The van der Waals surface area contributed by atoms with Gasteiger partial charge in [0.15, 0.2) is 11.5 Å². The molecule has 1 heterocycles. The first kappa shape index (κ1) is 14.8. The number of ether oxygens (including phenoxy) is 2. The van der Waals surface area contributed by atoms with Crippen LogP contribution >= 0.6 is 11.8 Å². The van der Waals surface area contributed by atoms with Crippen LogP contribution in [0.3, 0.4) is 0 Å². The Hall–Kier alpha value is -1.56. The molecule has 1 unspecified atom stereocenters. The number of amides is 1. The Bertz CT molecular complexity index is 507. The molecule has 1 aromatic carbocycles. The number of hydrogen-bond donors (Lipinski definition) is 1. The molecule has 2 rings (SSSR count). The summed E-state index contributed by atoms with van der Waals surface area (Å²) in [5.41, 5.74) is 6.85. The predicted octanol–water partition coefficient (Wildman–Crippen LogP) is 2.21. The minimum atomic E-state index is -0.0818. The maximum Gasteiger partial charge on any atom is 0.256 e. The van der Waals surface area contributed by atoms with E-state index in [2.05, 4.69) is 6.92 Å². The number of nitrogen functional groups attached to an aromatic ring is 1. The predicted molar refractivity (Wildman–Crippen MR) is 81.5 cm³/mol. The van der Waals surface area contributed by atoms with E-state index in [9.17, 15) is 4.79 Å². The minimum absolute atomic E-state index is 0.0818. The molecule has 5 nitrogen and oxygen atoms in total. The van der Waals surface area contributed by atoms with E-state index in [-0.39, 0.29) is 18.7 Å². The summed E-state index contributed by atoms with van der Waals surface area (Å²) in [5, 5.41) is 0. The highest BCUT2D eigenvalue weighted by Crippen LogP contribution is 2.36. The van der Waals surface area contributed by atoms with E-state index in [1.165, 1.54) is 0 Å². The van der Waals surface area contributed by atoms with Crippen molar-refractivity contribution in [2.45, 2.75) is 19.4 Å². The van der Waals surface area contributed by atoms with Gasteiger partial charge < -0.3 is 20.1 Å². The minimum Gasteiger partial charge on any atom is -0.454 e. The van der Waals surface area contributed by atoms with Gasteiger partial charge in [-0.2, -0.15) is 11.8 Å². The van der Waals surface area contributed by atoms with Crippen LogP contribution < -0.4 is 15.2 Å². The van der Waals surface area contributed by atoms with Crippen LogP contribution in [0.15, 0.2) is 12.1 Å². The van der Waals surface area contributed by atoms with Gasteiger partial charge in [0, 0.05) is 30.6 Å². The molecule has 1 aromatic rings. The molecule has 1 amide bonds. The van der Waals surface area contributed by atoms with Gasteiger partial charge in [-0.1, -0.05) is 6.92 Å². The van der Waals surface area contributed by atoms with Crippen LogP contribution in [0.2, 0.25) is 0 Å². The normalized spacial score (nSPS) is 14.2. The van der Waals surface area contributed by atoms with Crippen LogP contribution in [0, 0.1) is 0 Å². The van der Waals surface area contributed by atoms with Gasteiger partial charge in [0.2, 0.25) is 6.79 Å². The van der Waals surface area contributed by atoms with Crippen LogP contribution in [0.1, 0.15) is 23.7 Å². The van der Waals surface area contributed by atoms with E-state index in [1.54, 1.807) is 28.8 Å². The molecule has 0 aliphatic carbocycles. The number of anilines is 1. The molecule has 110 valence electrons. The first-order valence-corrected chi connectivity index (χ1v) is 7.93. The van der Waals surface area contributed by atoms with Gasteiger partial charge in [0.1, 0.15) is 0 Å². The fourth-order valence-corrected chi connectivity index (χ4v) is 3.04. The number of carbonyl (C=O) groups is 1. The van der Waals surface area contributed by atoms with Crippen molar-refractivity contribution >= 4 is 23.4 Å². The number of nitrogens with two attached hydrogens (primary N) is 1. The maximum atomic E-state index is 12.6. The molecular weight excluding hydrogens is 276 g/mol. The van der Waals surface area contributed by atoms with E-state index in [1.807, 2.05) is 13.3 Å². The molecule has 0 radical (unpaired) electrons. The third-order valence-corrected chi connectivity index (χ3v) is 4.19. The van der Waals surface area contributed by atoms with Gasteiger partial charge in [-0.05, 0) is 18.7 Å². The van der Waals surface area contributed by atoms with Crippen molar-refractivity contribution in [1.82, 2.24) is 4.90 Å². The first-order chi connectivity index (χ1) is 9.58. The van der Waals surface area contributed by atoms with Crippen LogP contribution in [0.25, 0.3) is 0 Å². The highest BCUT2D eigenvalue weighted by molar-refractivity contribution is 7.98. The summed E-state index contributed by atoms with van der Waals surface area (Å²) in [6.45, 7) is 2.25. The molecule has 20 heavy (non-hydrogen) atoms. The molecule has 2 N–H and O–H groups in total. The van der Waals surface area contributed by atoms with E-state index in [0.717, 1.165) is 12.2 Å². The average Bonchev–Trinajstić information content (AvgIpc) is 2.89. The lowest BCUT2D eigenvalue weighted by atomic mass is 10.1. The number of carbonyl (C=O) groups excluding carboxylic acids is 1. The number of fused-ring (bicyclic) bond motifs is 1. The molecule has 1 aliphatic rings. The average molecular weight is 296 g/mol. The topological polar surface area (TPSA) is 64.8 Å². The van der Waals surface area contributed by atoms with E-state index in [4.69, 9.17) is 15.2 Å². The zero-order valence-corrected chi connectivity index (χ0v) is 12.8. The third-order valence-electron chi connectivity index (χ3n) is 3.47. The summed E-state index contributed by atoms with van der Waals surface area (Å²) in [5.74, 6) is 2.00. The molecule has 0 bridgehead atoms. The van der Waals surface area contributed by atoms with Crippen molar-refractivity contribution < 1.29 is 14.3 Å². The summed E-state index contributed by atoms with van der Waals surface area (Å²) < 4.78 is 10.6. The zero-order chi connectivity index (χ0) is 14.7. The maximum absolute atomic E-state index is 12.6. The Kier molecular flexibility index (Phi) is 4.65.